The molecular formula is C8H15NO. The van der Waals surface area contributed by atoms with Crippen LogP contribution < -0.4 is 5.32 Å². The van der Waals surface area contributed by atoms with Crippen molar-refractivity contribution in [1.82, 2.24) is 5.32 Å². The minimum atomic E-state index is 0.120. The quantitative estimate of drug-likeness (QED) is 0.562. The Hall–Kier alpha value is -0.340. The van der Waals surface area contributed by atoms with Gasteiger partial charge in [-0.1, -0.05) is 12.2 Å². The van der Waals surface area contributed by atoms with Crippen molar-refractivity contribution in [2.75, 3.05) is 20.2 Å². The zero-order chi connectivity index (χ0) is 7.45. The third-order valence-corrected chi connectivity index (χ3v) is 2.16. The van der Waals surface area contributed by atoms with Crippen molar-refractivity contribution in [3.63, 3.8) is 0 Å². The summed E-state index contributed by atoms with van der Waals surface area (Å²) in [5.41, 5.74) is 0.120. The minimum Gasteiger partial charge on any atom is -0.396 e. The van der Waals surface area contributed by atoms with E-state index in [0.717, 1.165) is 19.4 Å². The fourth-order valence-corrected chi connectivity index (χ4v) is 1.45. The molecule has 2 N–H and O–H groups in total. The van der Waals surface area contributed by atoms with E-state index in [-0.39, 0.29) is 5.41 Å². The average molecular weight is 141 g/mol. The third-order valence-electron chi connectivity index (χ3n) is 2.16. The van der Waals surface area contributed by atoms with E-state index in [4.69, 9.17) is 5.11 Å². The Bertz CT molecular complexity index is 123. The highest BCUT2D eigenvalue weighted by atomic mass is 16.3. The summed E-state index contributed by atoms with van der Waals surface area (Å²) in [5.74, 6) is 0. The van der Waals surface area contributed by atoms with Gasteiger partial charge in [-0.3, -0.25) is 0 Å². The number of aliphatic hydroxyl groups is 1. The van der Waals surface area contributed by atoms with E-state index >= 15 is 0 Å². The van der Waals surface area contributed by atoms with Gasteiger partial charge in [0.1, 0.15) is 0 Å². The van der Waals surface area contributed by atoms with Crippen molar-refractivity contribution in [2.24, 2.45) is 5.41 Å². The maximum Gasteiger partial charge on any atom is 0.0505 e. The van der Waals surface area contributed by atoms with Crippen LogP contribution in [0.5, 0.6) is 0 Å². The van der Waals surface area contributed by atoms with Crippen LogP contribution in [0.4, 0.5) is 0 Å². The van der Waals surface area contributed by atoms with E-state index in [1.165, 1.54) is 0 Å². The summed E-state index contributed by atoms with van der Waals surface area (Å²) in [4.78, 5) is 0. The number of nitrogens with one attached hydrogen (secondary N) is 1. The summed E-state index contributed by atoms with van der Waals surface area (Å²) in [7, 11) is 1.93. The number of hydrogen-bond acceptors (Lipinski definition) is 2. The van der Waals surface area contributed by atoms with Crippen LogP contribution in [0.3, 0.4) is 0 Å². The molecule has 0 fully saturated rings. The second kappa shape index (κ2) is 3.17. The summed E-state index contributed by atoms with van der Waals surface area (Å²) >= 11 is 0. The lowest BCUT2D eigenvalue weighted by Gasteiger charge is -2.25. The molecule has 2 nitrogen and oxygen atoms in total. The highest BCUT2D eigenvalue weighted by Gasteiger charge is 2.28. The van der Waals surface area contributed by atoms with Gasteiger partial charge in [0.25, 0.3) is 0 Å². The van der Waals surface area contributed by atoms with Gasteiger partial charge in [0.05, 0.1) is 6.61 Å². The van der Waals surface area contributed by atoms with Gasteiger partial charge in [0.15, 0.2) is 0 Å². The average Bonchev–Trinajstić information content (AvgIpc) is 2.39. The van der Waals surface area contributed by atoms with Gasteiger partial charge in [-0.15, -0.1) is 0 Å². The monoisotopic (exact) mass is 141 g/mol. The maximum absolute atomic E-state index is 9.07. The van der Waals surface area contributed by atoms with Gasteiger partial charge >= 0.3 is 0 Å². The molecule has 10 heavy (non-hydrogen) atoms. The van der Waals surface area contributed by atoms with Gasteiger partial charge in [-0.2, -0.15) is 0 Å². The maximum atomic E-state index is 9.07. The summed E-state index contributed by atoms with van der Waals surface area (Å²) in [5, 5.41) is 12.2. The van der Waals surface area contributed by atoms with E-state index in [2.05, 4.69) is 17.5 Å². The van der Waals surface area contributed by atoms with E-state index in [9.17, 15) is 0 Å². The Kier molecular flexibility index (Phi) is 2.46. The number of rotatable bonds is 3. The number of allylic oxidation sites excluding steroid dienone is 2. The van der Waals surface area contributed by atoms with Crippen molar-refractivity contribution in [2.45, 2.75) is 12.8 Å². The molecule has 0 aliphatic heterocycles. The molecule has 1 aliphatic carbocycles. The van der Waals surface area contributed by atoms with Gasteiger partial charge < -0.3 is 10.4 Å². The number of aliphatic hydroxyl groups excluding tert-OH is 1. The molecule has 0 atom stereocenters. The largest absolute Gasteiger partial charge is 0.396 e. The first-order valence-electron chi connectivity index (χ1n) is 3.73. The molecule has 0 aromatic rings. The molecule has 58 valence electrons. The Morgan fingerprint density at radius 2 is 2.10 bits per heavy atom. The molecule has 0 heterocycles. The van der Waals surface area contributed by atoms with Crippen LogP contribution in [0.1, 0.15) is 12.8 Å². The zero-order valence-electron chi connectivity index (χ0n) is 6.43. The third kappa shape index (κ3) is 1.39. The second-order valence-electron chi connectivity index (χ2n) is 3.07. The fourth-order valence-electron chi connectivity index (χ4n) is 1.45. The van der Waals surface area contributed by atoms with Crippen LogP contribution in [0.25, 0.3) is 0 Å². The van der Waals surface area contributed by atoms with Gasteiger partial charge in [-0.05, 0) is 19.9 Å². The lowest BCUT2D eigenvalue weighted by atomic mass is 9.86. The molecule has 0 radical (unpaired) electrons. The first-order valence-corrected chi connectivity index (χ1v) is 3.73. The lowest BCUT2D eigenvalue weighted by Crippen LogP contribution is -2.33. The van der Waals surface area contributed by atoms with Gasteiger partial charge in [-0.25, -0.2) is 0 Å². The molecule has 1 rings (SSSR count). The fraction of sp³-hybridized carbons (Fsp3) is 0.750. The summed E-state index contributed by atoms with van der Waals surface area (Å²) in [6.45, 7) is 1.21. The van der Waals surface area contributed by atoms with Crippen molar-refractivity contribution in [1.29, 1.82) is 0 Å². The standard InChI is InChI=1S/C8H15NO/c1-9-6-8(7-10)4-2-3-5-8/h2-3,9-10H,4-7H2,1H3. The Labute approximate surface area is 61.9 Å². The Balaban J connectivity index is 2.44. The van der Waals surface area contributed by atoms with Crippen molar-refractivity contribution >= 4 is 0 Å². The minimum absolute atomic E-state index is 0.120. The van der Waals surface area contributed by atoms with Gasteiger partial charge in [0, 0.05) is 12.0 Å². The Morgan fingerprint density at radius 3 is 2.50 bits per heavy atom. The predicted octanol–water partition coefficient (Wildman–Crippen LogP) is 0.534. The molecule has 2 heteroatoms. The molecule has 0 saturated heterocycles. The predicted molar refractivity (Wildman–Crippen MR) is 41.8 cm³/mol. The van der Waals surface area contributed by atoms with Gasteiger partial charge in [0.2, 0.25) is 0 Å². The molecule has 1 aliphatic rings. The van der Waals surface area contributed by atoms with Crippen LogP contribution in [0.15, 0.2) is 12.2 Å². The normalized spacial score (nSPS) is 21.8. The molecule has 0 bridgehead atoms. The lowest BCUT2D eigenvalue weighted by molar-refractivity contribution is 0.136. The van der Waals surface area contributed by atoms with Crippen molar-refractivity contribution in [3.8, 4) is 0 Å². The second-order valence-corrected chi connectivity index (χ2v) is 3.07. The topological polar surface area (TPSA) is 32.3 Å². The smallest absolute Gasteiger partial charge is 0.0505 e. The van der Waals surface area contributed by atoms with Crippen LogP contribution in [-0.2, 0) is 0 Å². The first kappa shape index (κ1) is 7.76. The summed E-state index contributed by atoms with van der Waals surface area (Å²) in [6.07, 6.45) is 6.33. The SMILES string of the molecule is CNCC1(CO)CC=CC1. The van der Waals surface area contributed by atoms with Crippen LogP contribution in [0.2, 0.25) is 0 Å². The molecule has 0 spiro atoms. The highest BCUT2D eigenvalue weighted by Crippen LogP contribution is 2.31. The Morgan fingerprint density at radius 1 is 1.50 bits per heavy atom. The van der Waals surface area contributed by atoms with E-state index < -0.39 is 0 Å². The van der Waals surface area contributed by atoms with E-state index in [0.29, 0.717) is 6.61 Å². The summed E-state index contributed by atoms with van der Waals surface area (Å²) < 4.78 is 0. The molecule has 0 aromatic heterocycles. The summed E-state index contributed by atoms with van der Waals surface area (Å²) in [6, 6.07) is 0. The highest BCUT2D eigenvalue weighted by molar-refractivity contribution is 5.03. The molecule has 0 unspecified atom stereocenters. The number of hydrogen-bond donors (Lipinski definition) is 2. The zero-order valence-corrected chi connectivity index (χ0v) is 6.43. The molecule has 0 amide bonds. The van der Waals surface area contributed by atoms with Crippen molar-refractivity contribution < 1.29 is 5.11 Å². The van der Waals surface area contributed by atoms with Crippen LogP contribution in [0, 0.1) is 5.41 Å². The van der Waals surface area contributed by atoms with Crippen LogP contribution >= 0.6 is 0 Å². The molecular weight excluding hydrogens is 126 g/mol. The van der Waals surface area contributed by atoms with E-state index in [1.807, 2.05) is 7.05 Å². The molecule has 0 saturated carbocycles. The molecule has 0 aromatic carbocycles. The van der Waals surface area contributed by atoms with Crippen molar-refractivity contribution in [3.05, 3.63) is 12.2 Å². The van der Waals surface area contributed by atoms with Crippen LogP contribution in [-0.4, -0.2) is 25.3 Å². The first-order chi connectivity index (χ1) is 4.83. The van der Waals surface area contributed by atoms with E-state index in [1.54, 1.807) is 0 Å².